The summed E-state index contributed by atoms with van der Waals surface area (Å²) in [5.41, 5.74) is 0.235. The van der Waals surface area contributed by atoms with Gasteiger partial charge in [-0.1, -0.05) is 37.3 Å². The third-order valence-corrected chi connectivity index (χ3v) is 3.92. The van der Waals surface area contributed by atoms with Gasteiger partial charge in [0.2, 0.25) is 0 Å². The van der Waals surface area contributed by atoms with Crippen LogP contribution in [0, 0.1) is 5.92 Å². The molecule has 0 aliphatic carbocycles. The van der Waals surface area contributed by atoms with Crippen LogP contribution < -0.4 is 0 Å². The Hall–Kier alpha value is -2.57. The van der Waals surface area contributed by atoms with E-state index in [1.165, 1.54) is 4.90 Å². The molecule has 0 aliphatic heterocycles. The van der Waals surface area contributed by atoms with Crippen molar-refractivity contribution in [2.75, 3.05) is 13.2 Å². The number of aliphatic carboxylic acids is 1. The van der Waals surface area contributed by atoms with E-state index in [9.17, 15) is 14.4 Å². The molecule has 1 N–H and O–H groups in total. The minimum absolute atomic E-state index is 0.0202. The first-order valence-corrected chi connectivity index (χ1v) is 8.95. The lowest BCUT2D eigenvalue weighted by Gasteiger charge is -2.33. The van der Waals surface area contributed by atoms with Gasteiger partial charge in [-0.05, 0) is 38.7 Å². The van der Waals surface area contributed by atoms with Gasteiger partial charge >= 0.3 is 18.0 Å². The van der Waals surface area contributed by atoms with Crippen molar-refractivity contribution >= 4 is 18.0 Å². The number of esters is 1. The molecular weight excluding hydrogens is 350 g/mol. The quantitative estimate of drug-likeness (QED) is 0.661. The molecule has 1 aromatic rings. The summed E-state index contributed by atoms with van der Waals surface area (Å²) in [4.78, 5) is 36.5. The van der Waals surface area contributed by atoms with Crippen molar-refractivity contribution < 1.29 is 29.0 Å². The SMILES string of the molecule is CC(CCOC(=O)N(CC(=O)OCc1ccccc1)C(C)(C)C)CC(=O)O. The van der Waals surface area contributed by atoms with Crippen LogP contribution in [-0.2, 0) is 25.7 Å². The predicted molar refractivity (Wildman–Crippen MR) is 100 cm³/mol. The lowest BCUT2D eigenvalue weighted by Crippen LogP contribution is -2.48. The Balaban J connectivity index is 2.52. The lowest BCUT2D eigenvalue weighted by atomic mass is 10.1. The Bertz CT molecular complexity index is 623. The molecule has 0 saturated carbocycles. The zero-order valence-electron chi connectivity index (χ0n) is 16.4. The molecule has 0 saturated heterocycles. The molecule has 1 aromatic carbocycles. The molecule has 1 rings (SSSR count). The molecule has 0 radical (unpaired) electrons. The van der Waals surface area contributed by atoms with Crippen LogP contribution in [0.3, 0.4) is 0 Å². The summed E-state index contributed by atoms with van der Waals surface area (Å²) in [5.74, 6) is -1.51. The normalized spacial score (nSPS) is 12.1. The lowest BCUT2D eigenvalue weighted by molar-refractivity contribution is -0.147. The Kier molecular flexibility index (Phi) is 8.78. The van der Waals surface area contributed by atoms with Crippen LogP contribution in [0.4, 0.5) is 4.79 Å². The first-order chi connectivity index (χ1) is 12.6. The van der Waals surface area contributed by atoms with E-state index in [-0.39, 0.29) is 32.1 Å². The third-order valence-electron chi connectivity index (χ3n) is 3.92. The van der Waals surface area contributed by atoms with Crippen LogP contribution in [0.2, 0.25) is 0 Å². The van der Waals surface area contributed by atoms with Crippen LogP contribution in [0.5, 0.6) is 0 Å². The number of nitrogens with zero attached hydrogens (tertiary/aromatic N) is 1. The molecule has 0 heterocycles. The fraction of sp³-hybridized carbons (Fsp3) is 0.550. The summed E-state index contributed by atoms with van der Waals surface area (Å²) in [6.45, 7) is 7.19. The van der Waals surface area contributed by atoms with E-state index in [1.54, 1.807) is 27.7 Å². The van der Waals surface area contributed by atoms with Crippen molar-refractivity contribution in [2.45, 2.75) is 52.7 Å². The summed E-state index contributed by atoms with van der Waals surface area (Å²) in [7, 11) is 0. The van der Waals surface area contributed by atoms with Gasteiger partial charge in [0.05, 0.1) is 6.61 Å². The van der Waals surface area contributed by atoms with Crippen molar-refractivity contribution in [3.8, 4) is 0 Å². The van der Waals surface area contributed by atoms with Gasteiger partial charge in [0.1, 0.15) is 13.2 Å². The molecule has 0 fully saturated rings. The molecule has 1 atom stereocenters. The molecule has 1 unspecified atom stereocenters. The van der Waals surface area contributed by atoms with Crippen molar-refractivity contribution in [3.63, 3.8) is 0 Å². The Morgan fingerprint density at radius 1 is 1.11 bits per heavy atom. The van der Waals surface area contributed by atoms with E-state index in [1.807, 2.05) is 30.3 Å². The second-order valence-corrected chi connectivity index (χ2v) is 7.51. The van der Waals surface area contributed by atoms with Crippen molar-refractivity contribution in [1.82, 2.24) is 4.90 Å². The second-order valence-electron chi connectivity index (χ2n) is 7.51. The van der Waals surface area contributed by atoms with Crippen LogP contribution >= 0.6 is 0 Å². The first kappa shape index (κ1) is 22.5. The standard InChI is InChI=1S/C20H29NO6/c1-15(12-17(22)23)10-11-26-19(25)21(20(2,3)4)13-18(24)27-14-16-8-6-5-7-9-16/h5-9,15H,10-14H2,1-4H3,(H,22,23). The van der Waals surface area contributed by atoms with E-state index in [0.29, 0.717) is 6.42 Å². The smallest absolute Gasteiger partial charge is 0.410 e. The minimum Gasteiger partial charge on any atom is -0.481 e. The number of amides is 1. The van der Waals surface area contributed by atoms with Crippen LogP contribution in [0.15, 0.2) is 30.3 Å². The highest BCUT2D eigenvalue weighted by Crippen LogP contribution is 2.16. The molecule has 7 heteroatoms. The van der Waals surface area contributed by atoms with Gasteiger partial charge in [0.25, 0.3) is 0 Å². The Labute approximate surface area is 160 Å². The van der Waals surface area contributed by atoms with Crippen LogP contribution in [0.1, 0.15) is 46.1 Å². The molecule has 27 heavy (non-hydrogen) atoms. The molecule has 7 nitrogen and oxygen atoms in total. The Morgan fingerprint density at radius 2 is 1.74 bits per heavy atom. The van der Waals surface area contributed by atoms with E-state index in [4.69, 9.17) is 14.6 Å². The van der Waals surface area contributed by atoms with Crippen molar-refractivity contribution in [2.24, 2.45) is 5.92 Å². The number of carboxylic acids is 1. The molecule has 150 valence electrons. The highest BCUT2D eigenvalue weighted by Gasteiger charge is 2.30. The van der Waals surface area contributed by atoms with E-state index in [2.05, 4.69) is 0 Å². The average Bonchev–Trinajstić information content (AvgIpc) is 2.57. The van der Waals surface area contributed by atoms with Crippen LogP contribution in [-0.4, -0.2) is 46.7 Å². The van der Waals surface area contributed by atoms with Gasteiger partial charge in [-0.15, -0.1) is 0 Å². The number of hydrogen-bond acceptors (Lipinski definition) is 5. The van der Waals surface area contributed by atoms with Crippen molar-refractivity contribution in [1.29, 1.82) is 0 Å². The summed E-state index contributed by atoms with van der Waals surface area (Å²) >= 11 is 0. The number of ether oxygens (including phenoxy) is 2. The van der Waals surface area contributed by atoms with Gasteiger partial charge in [-0.25, -0.2) is 4.79 Å². The summed E-state index contributed by atoms with van der Waals surface area (Å²) in [6, 6.07) is 9.28. The topological polar surface area (TPSA) is 93.1 Å². The van der Waals surface area contributed by atoms with Gasteiger partial charge in [-0.3, -0.25) is 14.5 Å². The maximum absolute atomic E-state index is 12.4. The maximum atomic E-state index is 12.4. The highest BCUT2D eigenvalue weighted by molar-refractivity contribution is 5.78. The molecule has 0 bridgehead atoms. The number of carbonyl (C=O) groups excluding carboxylic acids is 2. The monoisotopic (exact) mass is 379 g/mol. The number of benzene rings is 1. The first-order valence-electron chi connectivity index (χ1n) is 8.95. The predicted octanol–water partition coefficient (Wildman–Crippen LogP) is 3.47. The van der Waals surface area contributed by atoms with Crippen LogP contribution in [0.25, 0.3) is 0 Å². The van der Waals surface area contributed by atoms with E-state index < -0.39 is 23.6 Å². The zero-order chi connectivity index (χ0) is 20.4. The fourth-order valence-corrected chi connectivity index (χ4v) is 2.31. The average molecular weight is 379 g/mol. The number of rotatable bonds is 9. The van der Waals surface area contributed by atoms with Gasteiger partial charge in [-0.2, -0.15) is 0 Å². The number of carboxylic acid groups (broad SMARTS) is 1. The van der Waals surface area contributed by atoms with Gasteiger partial charge < -0.3 is 14.6 Å². The Morgan fingerprint density at radius 3 is 2.30 bits per heavy atom. The number of carbonyl (C=O) groups is 3. The summed E-state index contributed by atoms with van der Waals surface area (Å²) in [5, 5.41) is 8.75. The molecule has 0 spiro atoms. The molecule has 1 amide bonds. The molecule has 0 aromatic heterocycles. The second kappa shape index (κ2) is 10.5. The van der Waals surface area contributed by atoms with E-state index in [0.717, 1.165) is 5.56 Å². The minimum atomic E-state index is -0.883. The zero-order valence-corrected chi connectivity index (χ0v) is 16.4. The van der Waals surface area contributed by atoms with Gasteiger partial charge in [0, 0.05) is 12.0 Å². The summed E-state index contributed by atoms with van der Waals surface area (Å²) in [6.07, 6.45) is -0.164. The summed E-state index contributed by atoms with van der Waals surface area (Å²) < 4.78 is 10.5. The van der Waals surface area contributed by atoms with Crippen molar-refractivity contribution in [3.05, 3.63) is 35.9 Å². The maximum Gasteiger partial charge on any atom is 0.410 e. The number of hydrogen-bond donors (Lipinski definition) is 1. The van der Waals surface area contributed by atoms with Gasteiger partial charge in [0.15, 0.2) is 0 Å². The highest BCUT2D eigenvalue weighted by atomic mass is 16.6. The van der Waals surface area contributed by atoms with E-state index >= 15 is 0 Å². The molecule has 0 aliphatic rings. The molecular formula is C20H29NO6. The fourth-order valence-electron chi connectivity index (χ4n) is 2.31. The largest absolute Gasteiger partial charge is 0.481 e. The third kappa shape index (κ3) is 9.08.